The van der Waals surface area contributed by atoms with Gasteiger partial charge in [0.25, 0.3) is 5.91 Å². The summed E-state index contributed by atoms with van der Waals surface area (Å²) in [4.78, 5) is 36.2. The molecule has 224 valence electrons. The summed E-state index contributed by atoms with van der Waals surface area (Å²) in [6.45, 7) is 5.68. The van der Waals surface area contributed by atoms with Crippen molar-refractivity contribution < 1.29 is 27.1 Å². The number of hydrogen-bond acceptors (Lipinski definition) is 9. The van der Waals surface area contributed by atoms with Crippen molar-refractivity contribution in [1.82, 2.24) is 20.0 Å². The predicted molar refractivity (Wildman–Crippen MR) is 156 cm³/mol. The highest BCUT2D eigenvalue weighted by atomic mass is 32.2. The summed E-state index contributed by atoms with van der Waals surface area (Å²) in [5.74, 6) is -1.37. The Labute approximate surface area is 244 Å². The quantitative estimate of drug-likeness (QED) is 0.300. The van der Waals surface area contributed by atoms with Crippen LogP contribution in [0.15, 0.2) is 71.9 Å². The van der Waals surface area contributed by atoms with E-state index in [1.54, 1.807) is 57.4 Å². The highest BCUT2D eigenvalue weighted by Gasteiger charge is 2.31. The maximum Gasteiger partial charge on any atom is 0.326 e. The molecule has 1 unspecified atom stereocenters. The molecule has 3 N–H and O–H groups in total. The van der Waals surface area contributed by atoms with Crippen LogP contribution in [0.3, 0.4) is 0 Å². The van der Waals surface area contributed by atoms with Crippen LogP contribution in [0, 0.1) is 5.82 Å². The van der Waals surface area contributed by atoms with E-state index in [2.05, 4.69) is 25.3 Å². The van der Waals surface area contributed by atoms with Crippen molar-refractivity contribution >= 4 is 33.5 Å². The van der Waals surface area contributed by atoms with E-state index in [-0.39, 0.29) is 28.7 Å². The van der Waals surface area contributed by atoms with Crippen LogP contribution in [-0.4, -0.2) is 67.6 Å². The molecule has 0 bridgehead atoms. The lowest BCUT2D eigenvalue weighted by atomic mass is 10.0. The normalized spacial score (nSPS) is 15.1. The van der Waals surface area contributed by atoms with Gasteiger partial charge in [0.2, 0.25) is 16.0 Å². The van der Waals surface area contributed by atoms with Gasteiger partial charge in [0.05, 0.1) is 10.6 Å². The summed E-state index contributed by atoms with van der Waals surface area (Å²) < 4.78 is 48.4. The number of nitrogens with one attached hydrogen (secondary N) is 3. The van der Waals surface area contributed by atoms with Gasteiger partial charge in [0, 0.05) is 43.6 Å². The van der Waals surface area contributed by atoms with E-state index in [1.165, 1.54) is 30.3 Å². The van der Waals surface area contributed by atoms with Crippen LogP contribution in [-0.2, 0) is 19.6 Å². The number of carbonyl (C=O) groups excluding carboxylic acids is 2. The number of amides is 1. The Morgan fingerprint density at radius 3 is 2.36 bits per heavy atom. The molecule has 2 heterocycles. The third kappa shape index (κ3) is 8.46. The van der Waals surface area contributed by atoms with Crippen molar-refractivity contribution in [1.29, 1.82) is 0 Å². The number of esters is 1. The van der Waals surface area contributed by atoms with E-state index >= 15 is 0 Å². The number of piperidine rings is 1. The lowest BCUT2D eigenvalue weighted by molar-refractivity contribution is -0.156. The lowest BCUT2D eigenvalue weighted by Gasteiger charge is -2.34. The van der Waals surface area contributed by atoms with Crippen LogP contribution in [0.2, 0.25) is 0 Å². The first-order valence-electron chi connectivity index (χ1n) is 13.6. The molecule has 1 aliphatic heterocycles. The highest BCUT2D eigenvalue weighted by Crippen LogP contribution is 2.25. The number of hydrogen-bond donors (Lipinski definition) is 3. The maximum absolute atomic E-state index is 14.8. The Bertz CT molecular complexity index is 1480. The van der Waals surface area contributed by atoms with Gasteiger partial charge in [-0.2, -0.15) is 4.72 Å². The second kappa shape index (κ2) is 13.3. The smallest absolute Gasteiger partial charge is 0.326 e. The molecule has 0 radical (unpaired) electrons. The van der Waals surface area contributed by atoms with Gasteiger partial charge in [-0.3, -0.25) is 9.59 Å². The monoisotopic (exact) mass is 598 g/mol. The van der Waals surface area contributed by atoms with Gasteiger partial charge in [-0.15, -0.1) is 0 Å². The largest absolute Gasteiger partial charge is 0.459 e. The van der Waals surface area contributed by atoms with Crippen LogP contribution >= 0.6 is 0 Å². The number of benzene rings is 2. The summed E-state index contributed by atoms with van der Waals surface area (Å²) in [6.07, 6.45) is 4.75. The van der Waals surface area contributed by atoms with E-state index in [9.17, 15) is 22.4 Å². The molecule has 13 heteroatoms. The van der Waals surface area contributed by atoms with Crippen molar-refractivity contribution in [2.45, 2.75) is 56.2 Å². The van der Waals surface area contributed by atoms with E-state index < -0.39 is 39.4 Å². The number of sulfonamides is 1. The van der Waals surface area contributed by atoms with Crippen molar-refractivity contribution in [3.05, 3.63) is 78.4 Å². The van der Waals surface area contributed by atoms with Gasteiger partial charge in [0.15, 0.2) is 0 Å². The molecule has 1 saturated heterocycles. The van der Waals surface area contributed by atoms with Crippen molar-refractivity contribution in [2.24, 2.45) is 0 Å². The third-order valence-corrected chi connectivity index (χ3v) is 7.94. The van der Waals surface area contributed by atoms with Crippen LogP contribution in [0.4, 0.5) is 16.0 Å². The number of anilines is 2. The van der Waals surface area contributed by atoms with Gasteiger partial charge in [-0.1, -0.05) is 18.2 Å². The zero-order chi connectivity index (χ0) is 30.3. The Morgan fingerprint density at radius 2 is 1.71 bits per heavy atom. The molecule has 4 rings (SSSR count). The molecule has 1 aliphatic rings. The zero-order valence-corrected chi connectivity index (χ0v) is 24.5. The summed E-state index contributed by atoms with van der Waals surface area (Å²) in [7, 11) is -4.10. The fourth-order valence-electron chi connectivity index (χ4n) is 4.41. The van der Waals surface area contributed by atoms with Gasteiger partial charge in [0.1, 0.15) is 17.5 Å². The minimum absolute atomic E-state index is 0.0386. The van der Waals surface area contributed by atoms with E-state index in [4.69, 9.17) is 4.74 Å². The first kappa shape index (κ1) is 30.8. The maximum atomic E-state index is 14.8. The minimum Gasteiger partial charge on any atom is -0.459 e. The third-order valence-electron chi connectivity index (χ3n) is 6.45. The molecule has 1 atom stereocenters. The number of halogens is 1. The lowest BCUT2D eigenvalue weighted by Crippen LogP contribution is -2.50. The highest BCUT2D eigenvalue weighted by molar-refractivity contribution is 7.89. The van der Waals surface area contributed by atoms with Gasteiger partial charge in [-0.25, -0.2) is 22.8 Å². The number of rotatable bonds is 10. The fourth-order valence-corrected chi connectivity index (χ4v) is 5.62. The topological polar surface area (TPSA) is 143 Å². The number of ether oxygens (including phenoxy) is 1. The summed E-state index contributed by atoms with van der Waals surface area (Å²) >= 11 is 0. The first-order chi connectivity index (χ1) is 19.9. The van der Waals surface area contributed by atoms with Crippen LogP contribution < -0.4 is 20.3 Å². The predicted octanol–water partition coefficient (Wildman–Crippen LogP) is 3.12. The summed E-state index contributed by atoms with van der Waals surface area (Å²) in [5, 5.41) is 5.87. The zero-order valence-electron chi connectivity index (χ0n) is 23.7. The Hall–Kier alpha value is -4.10. The molecule has 42 heavy (non-hydrogen) atoms. The molecule has 1 fully saturated rings. The van der Waals surface area contributed by atoms with Crippen molar-refractivity contribution in [3.8, 4) is 0 Å². The van der Waals surface area contributed by atoms with Crippen molar-refractivity contribution in [2.75, 3.05) is 29.9 Å². The SMILES string of the molecule is CC(C)(C)OC(=O)C(CNC(=O)c1ccc(F)c(N2CCC(Nc3ncccn3)CC2)c1)NS(=O)(=O)c1ccccc1. The van der Waals surface area contributed by atoms with Crippen LogP contribution in [0.25, 0.3) is 0 Å². The number of carbonyl (C=O) groups is 2. The fraction of sp³-hybridized carbons (Fsp3) is 0.379. The molecular weight excluding hydrogens is 563 g/mol. The molecule has 0 spiro atoms. The Balaban J connectivity index is 1.42. The molecule has 2 aromatic carbocycles. The molecule has 11 nitrogen and oxygen atoms in total. The standard InChI is InChI=1S/C29H35FN6O5S/c1-29(2,3)41-27(38)24(35-42(39,40)22-8-5-4-6-9-22)19-33-26(37)20-10-11-23(30)25(18-20)36-16-12-21(13-17-36)34-28-31-14-7-15-32-28/h4-11,14-15,18,21,24,35H,12-13,16-17,19H2,1-3H3,(H,33,37)(H,31,32,34). The second-order valence-corrected chi connectivity index (χ2v) is 12.6. The average Bonchev–Trinajstić information content (AvgIpc) is 2.96. The van der Waals surface area contributed by atoms with E-state index in [0.29, 0.717) is 31.9 Å². The molecular formula is C29H35FN6O5S. The molecule has 3 aromatic rings. The Morgan fingerprint density at radius 1 is 1.05 bits per heavy atom. The molecule has 0 saturated carbocycles. The van der Waals surface area contributed by atoms with Gasteiger partial charge in [-0.05, 0) is 70.0 Å². The van der Waals surface area contributed by atoms with Gasteiger partial charge < -0.3 is 20.3 Å². The second-order valence-electron chi connectivity index (χ2n) is 10.9. The molecule has 1 amide bonds. The number of aromatic nitrogens is 2. The van der Waals surface area contributed by atoms with E-state index in [0.717, 1.165) is 0 Å². The van der Waals surface area contributed by atoms with Gasteiger partial charge >= 0.3 is 5.97 Å². The van der Waals surface area contributed by atoms with E-state index in [1.807, 2.05) is 4.90 Å². The van der Waals surface area contributed by atoms with Crippen LogP contribution in [0.5, 0.6) is 0 Å². The minimum atomic E-state index is -4.10. The van der Waals surface area contributed by atoms with Crippen LogP contribution in [0.1, 0.15) is 44.0 Å². The van der Waals surface area contributed by atoms with Crippen molar-refractivity contribution in [3.63, 3.8) is 0 Å². The summed E-state index contributed by atoms with van der Waals surface area (Å²) in [5.41, 5.74) is -0.441. The molecule has 0 aliphatic carbocycles. The molecule has 1 aromatic heterocycles. The summed E-state index contributed by atoms with van der Waals surface area (Å²) in [6, 6.07) is 12.0. The number of nitrogens with zero attached hydrogens (tertiary/aromatic N) is 3. The average molecular weight is 599 g/mol. The first-order valence-corrected chi connectivity index (χ1v) is 15.1. The Kier molecular flexibility index (Phi) is 9.74.